The molecule has 0 bridgehead atoms. The zero-order chi connectivity index (χ0) is 32.1. The maximum Gasteiger partial charge on any atom is 0.321 e. The van der Waals surface area contributed by atoms with Crippen molar-refractivity contribution in [3.8, 4) is 17.4 Å². The van der Waals surface area contributed by atoms with Crippen molar-refractivity contribution < 1.29 is 19.1 Å². The first kappa shape index (κ1) is 31.9. The Balaban J connectivity index is 1.37. The van der Waals surface area contributed by atoms with Gasteiger partial charge in [0.1, 0.15) is 12.1 Å². The lowest BCUT2D eigenvalue weighted by Crippen LogP contribution is -2.57. The summed E-state index contributed by atoms with van der Waals surface area (Å²) in [5.74, 6) is 2.12. The van der Waals surface area contributed by atoms with Gasteiger partial charge in [-0.25, -0.2) is 14.8 Å². The number of urea groups is 1. The number of imidazole rings is 1. The summed E-state index contributed by atoms with van der Waals surface area (Å²) in [6.45, 7) is 4.91. The third-order valence-corrected chi connectivity index (χ3v) is 8.24. The SMILES string of the molecule is COc1ccc(C(C)NC(=O)CC2CN(C(=O)Nc3ccc(Cl)c(Cl)c3)CCN2c2cc(C)nc(-n3ccnc3)n2)cc1OC. The summed E-state index contributed by atoms with van der Waals surface area (Å²) in [5, 5.41) is 6.71. The van der Waals surface area contributed by atoms with E-state index in [-0.39, 0.29) is 37.0 Å². The number of halogens is 2. The van der Waals surface area contributed by atoms with E-state index in [1.165, 1.54) is 0 Å². The van der Waals surface area contributed by atoms with Gasteiger partial charge in [-0.05, 0) is 49.7 Å². The molecule has 3 amide bonds. The van der Waals surface area contributed by atoms with Crippen LogP contribution in [0.15, 0.2) is 61.2 Å². The highest BCUT2D eigenvalue weighted by molar-refractivity contribution is 6.42. The number of aromatic nitrogens is 4. The molecule has 1 aliphatic heterocycles. The van der Waals surface area contributed by atoms with Crippen molar-refractivity contribution >= 4 is 46.6 Å². The molecule has 0 saturated carbocycles. The number of hydrogen-bond donors (Lipinski definition) is 2. The molecule has 0 aliphatic carbocycles. The third kappa shape index (κ3) is 7.58. The van der Waals surface area contributed by atoms with Crippen molar-refractivity contribution in [1.29, 1.82) is 0 Å². The highest BCUT2D eigenvalue weighted by Crippen LogP contribution is 2.30. The van der Waals surface area contributed by atoms with E-state index in [4.69, 9.17) is 37.7 Å². The van der Waals surface area contributed by atoms with Gasteiger partial charge in [0, 0.05) is 55.9 Å². The Morgan fingerprint density at radius 3 is 2.53 bits per heavy atom. The number of carbonyl (C=O) groups excluding carboxylic acids is 2. The minimum absolute atomic E-state index is 0.109. The quantitative estimate of drug-likeness (QED) is 0.250. The predicted molar refractivity (Wildman–Crippen MR) is 173 cm³/mol. The normalized spacial score (nSPS) is 15.4. The molecule has 3 heterocycles. The van der Waals surface area contributed by atoms with Crippen LogP contribution < -0.4 is 25.0 Å². The Hall–Kier alpha value is -4.55. The molecular weight excluding hydrogens is 619 g/mol. The van der Waals surface area contributed by atoms with E-state index in [2.05, 4.69) is 25.5 Å². The van der Waals surface area contributed by atoms with Gasteiger partial charge in [-0.3, -0.25) is 9.36 Å². The molecule has 0 radical (unpaired) electrons. The average molecular weight is 654 g/mol. The maximum atomic E-state index is 13.5. The van der Waals surface area contributed by atoms with Gasteiger partial charge in [-0.15, -0.1) is 0 Å². The summed E-state index contributed by atoms with van der Waals surface area (Å²) in [7, 11) is 3.14. The van der Waals surface area contributed by atoms with Crippen LogP contribution in [0.3, 0.4) is 0 Å². The van der Waals surface area contributed by atoms with Gasteiger partial charge in [-0.1, -0.05) is 29.3 Å². The van der Waals surface area contributed by atoms with Crippen molar-refractivity contribution in [2.45, 2.75) is 32.4 Å². The highest BCUT2D eigenvalue weighted by atomic mass is 35.5. The molecule has 45 heavy (non-hydrogen) atoms. The zero-order valence-corrected chi connectivity index (χ0v) is 26.8. The molecule has 1 fully saturated rings. The van der Waals surface area contributed by atoms with Gasteiger partial charge in [0.2, 0.25) is 11.9 Å². The van der Waals surface area contributed by atoms with E-state index in [1.807, 2.05) is 32.0 Å². The lowest BCUT2D eigenvalue weighted by molar-refractivity contribution is -0.122. The van der Waals surface area contributed by atoms with Gasteiger partial charge < -0.3 is 29.9 Å². The summed E-state index contributed by atoms with van der Waals surface area (Å²) >= 11 is 12.2. The molecule has 5 rings (SSSR count). The molecule has 4 aromatic rings. The molecule has 12 nitrogen and oxygen atoms in total. The van der Waals surface area contributed by atoms with Crippen molar-refractivity contribution in [3.63, 3.8) is 0 Å². The number of aryl methyl sites for hydroxylation is 1. The van der Waals surface area contributed by atoms with Crippen molar-refractivity contribution in [1.82, 2.24) is 29.7 Å². The van der Waals surface area contributed by atoms with Crippen LogP contribution >= 0.6 is 23.2 Å². The van der Waals surface area contributed by atoms with Crippen molar-refractivity contribution in [2.24, 2.45) is 0 Å². The van der Waals surface area contributed by atoms with Gasteiger partial charge >= 0.3 is 6.03 Å². The third-order valence-electron chi connectivity index (χ3n) is 7.51. The number of amides is 3. The van der Waals surface area contributed by atoms with E-state index < -0.39 is 0 Å². The Labute approximate surface area is 271 Å². The number of anilines is 2. The number of benzene rings is 2. The van der Waals surface area contributed by atoms with Crippen LogP contribution in [0.5, 0.6) is 11.5 Å². The Morgan fingerprint density at radius 2 is 1.82 bits per heavy atom. The number of piperazine rings is 1. The van der Waals surface area contributed by atoms with Crippen LogP contribution in [0.2, 0.25) is 10.0 Å². The Bertz CT molecular complexity index is 1670. The molecule has 2 aromatic carbocycles. The van der Waals surface area contributed by atoms with Crippen LogP contribution in [-0.4, -0.2) is 76.3 Å². The molecular formula is C31H34Cl2N8O4. The van der Waals surface area contributed by atoms with Crippen LogP contribution in [0, 0.1) is 6.92 Å². The molecule has 2 aromatic heterocycles. The van der Waals surface area contributed by atoms with Gasteiger partial charge in [-0.2, -0.15) is 4.98 Å². The lowest BCUT2D eigenvalue weighted by Gasteiger charge is -2.42. The smallest absolute Gasteiger partial charge is 0.321 e. The number of rotatable bonds is 9. The Kier molecular flexibility index (Phi) is 9.94. The second-order valence-corrected chi connectivity index (χ2v) is 11.4. The van der Waals surface area contributed by atoms with E-state index >= 15 is 0 Å². The lowest BCUT2D eigenvalue weighted by atomic mass is 10.1. The molecule has 2 N–H and O–H groups in total. The first-order valence-electron chi connectivity index (χ1n) is 14.3. The van der Waals surface area contributed by atoms with E-state index in [0.717, 1.165) is 11.3 Å². The number of ether oxygens (including phenoxy) is 2. The van der Waals surface area contributed by atoms with E-state index in [9.17, 15) is 9.59 Å². The van der Waals surface area contributed by atoms with E-state index in [1.54, 1.807) is 66.7 Å². The molecule has 2 atom stereocenters. The summed E-state index contributed by atoms with van der Waals surface area (Å²) in [4.78, 5) is 44.0. The van der Waals surface area contributed by atoms with Crippen molar-refractivity contribution in [2.75, 3.05) is 44.1 Å². The van der Waals surface area contributed by atoms with Crippen molar-refractivity contribution in [3.05, 3.63) is 82.5 Å². The first-order chi connectivity index (χ1) is 21.6. The van der Waals surface area contributed by atoms with Gasteiger partial charge in [0.05, 0.1) is 36.3 Å². The van der Waals surface area contributed by atoms with E-state index in [0.29, 0.717) is 52.1 Å². The molecule has 1 aliphatic rings. The summed E-state index contributed by atoms with van der Waals surface area (Å²) in [6, 6.07) is 11.3. The Morgan fingerprint density at radius 1 is 1.02 bits per heavy atom. The monoisotopic (exact) mass is 652 g/mol. The molecule has 2 unspecified atom stereocenters. The van der Waals surface area contributed by atoms with Gasteiger partial charge in [0.25, 0.3) is 0 Å². The zero-order valence-electron chi connectivity index (χ0n) is 25.3. The summed E-state index contributed by atoms with van der Waals surface area (Å²) < 4.78 is 12.5. The first-order valence-corrected chi connectivity index (χ1v) is 15.0. The fraction of sp³-hybridized carbons (Fsp3) is 0.323. The number of methoxy groups -OCH3 is 2. The van der Waals surface area contributed by atoms with Crippen LogP contribution in [0.1, 0.15) is 30.6 Å². The number of nitrogens with zero attached hydrogens (tertiary/aromatic N) is 6. The van der Waals surface area contributed by atoms with Crippen LogP contribution in [0.4, 0.5) is 16.3 Å². The number of nitrogens with one attached hydrogen (secondary N) is 2. The predicted octanol–water partition coefficient (Wildman–Crippen LogP) is 5.28. The summed E-state index contributed by atoms with van der Waals surface area (Å²) in [5.41, 5.74) is 2.14. The standard InChI is InChI=1S/C31H34Cl2N8O4/c1-19-13-28(38-30(35-19)40-10-9-34-18-40)41-12-11-39(31(43)37-22-6-7-24(32)25(33)15-22)17-23(41)16-29(42)36-20(2)21-5-8-26(44-3)27(14-21)45-4/h5-10,13-15,18,20,23H,11-12,16-17H2,1-4H3,(H,36,42)(H,37,43). The average Bonchev–Trinajstić information content (AvgIpc) is 3.57. The second kappa shape index (κ2) is 14.0. The number of carbonyl (C=O) groups is 2. The van der Waals surface area contributed by atoms with Gasteiger partial charge in [0.15, 0.2) is 11.5 Å². The fourth-order valence-corrected chi connectivity index (χ4v) is 5.49. The molecule has 14 heteroatoms. The summed E-state index contributed by atoms with van der Waals surface area (Å²) in [6.07, 6.45) is 5.16. The topological polar surface area (TPSA) is 127 Å². The largest absolute Gasteiger partial charge is 0.493 e. The van der Waals surface area contributed by atoms with Crippen LogP contribution in [-0.2, 0) is 4.79 Å². The maximum absolute atomic E-state index is 13.5. The fourth-order valence-electron chi connectivity index (χ4n) is 5.19. The molecule has 236 valence electrons. The minimum Gasteiger partial charge on any atom is -0.493 e. The highest BCUT2D eigenvalue weighted by Gasteiger charge is 2.33. The second-order valence-electron chi connectivity index (χ2n) is 10.6. The van der Waals surface area contributed by atoms with Crippen LogP contribution in [0.25, 0.3) is 5.95 Å². The molecule has 0 spiro atoms. The molecule has 1 saturated heterocycles. The minimum atomic E-state index is -0.388. The number of hydrogen-bond acceptors (Lipinski definition) is 8.